The summed E-state index contributed by atoms with van der Waals surface area (Å²) in [5.41, 5.74) is -8.92. The van der Waals surface area contributed by atoms with Gasteiger partial charge in [-0.3, -0.25) is 0 Å². The van der Waals surface area contributed by atoms with E-state index in [9.17, 15) is 52.6 Å². The topological polar surface area (TPSA) is 264 Å². The molecule has 2 aliphatic carbocycles. The van der Waals surface area contributed by atoms with E-state index in [0.29, 0.717) is 12.4 Å². The van der Waals surface area contributed by atoms with Gasteiger partial charge in [-0.25, -0.2) is 18.7 Å². The van der Waals surface area contributed by atoms with Crippen molar-refractivity contribution in [3.8, 4) is 60.7 Å². The van der Waals surface area contributed by atoms with Crippen LogP contribution in [0.1, 0.15) is 55.9 Å². The zero-order valence-corrected chi connectivity index (χ0v) is 23.4. The predicted molar refractivity (Wildman–Crippen MR) is 155 cm³/mol. The third-order valence-corrected chi connectivity index (χ3v) is 7.37. The number of nitriles is 10. The lowest BCUT2D eigenvalue weighted by Crippen LogP contribution is -2.05. The monoisotopic (exact) mass is 618 g/mol. The first-order chi connectivity index (χ1) is 23.2. The smallest absolute Gasteiger partial charge is 0.149 e. The van der Waals surface area contributed by atoms with E-state index in [1.807, 2.05) is 24.3 Å². The number of halogens is 2. The number of rotatable bonds is 2. The fourth-order valence-electron chi connectivity index (χ4n) is 5.64. The first-order valence-corrected chi connectivity index (χ1v) is 12.8. The van der Waals surface area contributed by atoms with Gasteiger partial charge in [-0.1, -0.05) is 0 Å². The Morgan fingerprint density at radius 1 is 0.479 bits per heavy atom. The van der Waals surface area contributed by atoms with Gasteiger partial charge < -0.3 is 0 Å². The molecule has 214 valence electrons. The first-order valence-electron chi connectivity index (χ1n) is 12.8. The van der Waals surface area contributed by atoms with Gasteiger partial charge in [0.25, 0.3) is 0 Å². The second-order valence-corrected chi connectivity index (χ2v) is 9.47. The van der Waals surface area contributed by atoms with Gasteiger partial charge in [0.05, 0.1) is 34.7 Å². The molecule has 2 aliphatic rings. The van der Waals surface area contributed by atoms with E-state index in [0.717, 1.165) is 12.1 Å². The summed E-state index contributed by atoms with van der Waals surface area (Å²) in [5, 5.41) is 101. The fourth-order valence-corrected chi connectivity index (χ4v) is 5.64. The molecule has 0 aliphatic heterocycles. The van der Waals surface area contributed by atoms with Crippen LogP contribution in [0, 0.1) is 125 Å². The molecule has 2 heterocycles. The van der Waals surface area contributed by atoms with Crippen LogP contribution in [0.5, 0.6) is 0 Å². The van der Waals surface area contributed by atoms with Crippen LogP contribution in [0.15, 0.2) is 35.7 Å². The number of hydrogen-bond donors (Lipinski definition) is 0. The van der Waals surface area contributed by atoms with Gasteiger partial charge in [-0.15, -0.1) is 0 Å². The summed E-state index contributed by atoms with van der Waals surface area (Å²) in [6.07, 6.45) is 1.31. The number of pyridine rings is 2. The van der Waals surface area contributed by atoms with Crippen molar-refractivity contribution in [3.05, 3.63) is 103 Å². The molecule has 0 radical (unpaired) electrons. The molecule has 14 heteroatoms. The highest BCUT2D eigenvalue weighted by Crippen LogP contribution is 2.58. The van der Waals surface area contributed by atoms with E-state index in [-0.39, 0.29) is 11.4 Å². The summed E-state index contributed by atoms with van der Waals surface area (Å²) in [5.74, 6) is -2.22. The Morgan fingerprint density at radius 2 is 0.833 bits per heavy atom. The Labute approximate surface area is 268 Å². The Morgan fingerprint density at radius 3 is 1.12 bits per heavy atom. The van der Waals surface area contributed by atoms with Crippen molar-refractivity contribution in [2.75, 3.05) is 0 Å². The van der Waals surface area contributed by atoms with Gasteiger partial charge >= 0.3 is 0 Å². The lowest BCUT2D eigenvalue weighted by atomic mass is 9.82. The maximum absolute atomic E-state index is 15.4. The van der Waals surface area contributed by atoms with Crippen LogP contribution in [0.25, 0.3) is 33.4 Å². The van der Waals surface area contributed by atoms with Gasteiger partial charge in [-0.2, -0.15) is 52.6 Å². The first kappa shape index (κ1) is 30.7. The van der Waals surface area contributed by atoms with Crippen LogP contribution < -0.4 is 0 Å². The van der Waals surface area contributed by atoms with E-state index in [4.69, 9.17) is 0 Å². The molecule has 48 heavy (non-hydrogen) atoms. The van der Waals surface area contributed by atoms with Gasteiger partial charge in [0, 0.05) is 55.7 Å². The number of hydrogen-bond acceptors (Lipinski definition) is 12. The molecule has 5 rings (SSSR count). The lowest BCUT2D eigenvalue weighted by Gasteiger charge is -2.16. The predicted octanol–water partition coefficient (Wildman–Crippen LogP) is 4.74. The molecule has 0 N–H and O–H groups in total. The Kier molecular flexibility index (Phi) is 7.50. The van der Waals surface area contributed by atoms with E-state index < -0.39 is 101 Å². The van der Waals surface area contributed by atoms with E-state index >= 15 is 8.78 Å². The number of benzene rings is 1. The largest absolute Gasteiger partial charge is 0.242 e. The van der Waals surface area contributed by atoms with Crippen LogP contribution in [0.2, 0.25) is 0 Å². The van der Waals surface area contributed by atoms with Crippen LogP contribution in [-0.4, -0.2) is 9.97 Å². The molecule has 0 bridgehead atoms. The molecule has 12 nitrogen and oxygen atoms in total. The van der Waals surface area contributed by atoms with E-state index in [1.165, 1.54) is 0 Å². The zero-order valence-electron chi connectivity index (χ0n) is 23.4. The molecule has 0 atom stereocenters. The van der Waals surface area contributed by atoms with Crippen molar-refractivity contribution in [3.63, 3.8) is 0 Å². The van der Waals surface area contributed by atoms with Crippen molar-refractivity contribution >= 4 is 33.4 Å². The fraction of sp³-hybridized carbons (Fsp3) is 0. The summed E-state index contributed by atoms with van der Waals surface area (Å²) in [7, 11) is 0. The van der Waals surface area contributed by atoms with Crippen molar-refractivity contribution in [2.45, 2.75) is 0 Å². The van der Waals surface area contributed by atoms with Crippen LogP contribution >= 0.6 is 0 Å². The highest BCUT2D eigenvalue weighted by atomic mass is 19.1. The molecule has 0 fully saturated rings. The third kappa shape index (κ3) is 4.10. The normalized spacial score (nSPS) is 11.9. The Bertz CT molecular complexity index is 2490. The third-order valence-electron chi connectivity index (χ3n) is 7.37. The zero-order chi connectivity index (χ0) is 34.9. The average Bonchev–Trinajstić information content (AvgIpc) is 3.62. The van der Waals surface area contributed by atoms with Crippen LogP contribution in [0.3, 0.4) is 0 Å². The SMILES string of the molecule is N#CC(C#N)=C1C(c2cc(C#N)ncc2F)=C(C#N)c2c(C#N)c3c(c(C#N)c21)C(=C(C#N)C#N)C(c1cc(C#N)ncc1F)=C3C#N. The quantitative estimate of drug-likeness (QED) is 0.352. The maximum atomic E-state index is 15.4. The molecular formula is C34H4F2N12. The molecule has 0 spiro atoms. The number of allylic oxidation sites excluding steroid dienone is 8. The molecule has 2 aromatic heterocycles. The van der Waals surface area contributed by atoms with Gasteiger partial charge in [0.15, 0.2) is 0 Å². The number of aromatic nitrogens is 2. The van der Waals surface area contributed by atoms with Crippen molar-refractivity contribution < 1.29 is 8.78 Å². The summed E-state index contributed by atoms with van der Waals surface area (Å²) in [4.78, 5) is 7.25. The summed E-state index contributed by atoms with van der Waals surface area (Å²) >= 11 is 0. The standard InChI is InChI=1S/C34H4F2N12/c35-25-13-47-17(7-41)1-19(25)29-21(9-43)31-23(11-45)32-22(10-44)30(20-2-18(8-42)48-14-26(20)36)28(16(5-39)6-40)34(32)24(12-46)33(31)27(29)15(3-37)4-38/h1-2,13-14H. The molecule has 3 aromatic rings. The maximum Gasteiger partial charge on any atom is 0.149 e. The van der Waals surface area contributed by atoms with Crippen molar-refractivity contribution in [1.82, 2.24) is 9.97 Å². The van der Waals surface area contributed by atoms with Crippen LogP contribution in [0.4, 0.5) is 8.78 Å². The number of nitrogens with zero attached hydrogens (tertiary/aromatic N) is 12. The molecular weight excluding hydrogens is 614 g/mol. The minimum Gasteiger partial charge on any atom is -0.242 e. The highest BCUT2D eigenvalue weighted by molar-refractivity contribution is 6.32. The average molecular weight is 618 g/mol. The van der Waals surface area contributed by atoms with Gasteiger partial charge in [0.2, 0.25) is 0 Å². The van der Waals surface area contributed by atoms with E-state index in [1.54, 1.807) is 36.4 Å². The summed E-state index contributed by atoms with van der Waals surface area (Å²) in [6.45, 7) is 0. The second kappa shape index (κ2) is 11.7. The van der Waals surface area contributed by atoms with E-state index in [2.05, 4.69) is 9.97 Å². The second-order valence-electron chi connectivity index (χ2n) is 9.47. The number of fused-ring (bicyclic) bond motifs is 2. The van der Waals surface area contributed by atoms with Gasteiger partial charge in [0.1, 0.15) is 94.9 Å². The van der Waals surface area contributed by atoms with Crippen molar-refractivity contribution in [1.29, 1.82) is 52.6 Å². The van der Waals surface area contributed by atoms with Crippen LogP contribution in [-0.2, 0) is 0 Å². The highest BCUT2D eigenvalue weighted by Gasteiger charge is 2.44. The Hall–Kier alpha value is -8.76. The minimum absolute atomic E-state index is 0.334. The molecule has 0 unspecified atom stereocenters. The van der Waals surface area contributed by atoms with Gasteiger partial charge in [-0.05, 0) is 12.1 Å². The minimum atomic E-state index is -1.11. The summed E-state index contributed by atoms with van der Waals surface area (Å²) < 4.78 is 30.8. The summed E-state index contributed by atoms with van der Waals surface area (Å²) in [6, 6.07) is 19.1. The molecule has 1 aromatic carbocycles. The molecule has 0 saturated carbocycles. The molecule has 0 saturated heterocycles. The molecule has 0 amide bonds. The lowest BCUT2D eigenvalue weighted by molar-refractivity contribution is 0.617. The van der Waals surface area contributed by atoms with Crippen molar-refractivity contribution in [2.24, 2.45) is 0 Å². The Balaban J connectivity index is 2.16.